The van der Waals surface area contributed by atoms with Crippen LogP contribution in [-0.4, -0.2) is 24.8 Å². The maximum absolute atomic E-state index is 11.2. The molecule has 0 radical (unpaired) electrons. The number of ketones is 1. The molecule has 2 heteroatoms. The average Bonchev–Trinajstić information content (AvgIpc) is 2.02. The lowest BCUT2D eigenvalue weighted by molar-refractivity contribution is -0.113. The summed E-state index contributed by atoms with van der Waals surface area (Å²) in [5.41, 5.74) is 0.943. The molecule has 0 aliphatic carbocycles. The largest absolute Gasteiger partial charge is 0.383 e. The molecule has 0 N–H and O–H groups in total. The first-order valence-electron chi connectivity index (χ1n) is 4.96. The summed E-state index contributed by atoms with van der Waals surface area (Å²) in [4.78, 5) is 13.1. The molecule has 0 saturated heterocycles. The lowest BCUT2D eigenvalue weighted by Crippen LogP contribution is -2.07. The van der Waals surface area contributed by atoms with Gasteiger partial charge in [0.2, 0.25) is 0 Å². The quantitative estimate of drug-likeness (QED) is 0.466. The maximum atomic E-state index is 11.2. The van der Waals surface area contributed by atoms with E-state index in [9.17, 15) is 4.79 Å². The first-order chi connectivity index (χ1) is 6.07. The highest BCUT2D eigenvalue weighted by atomic mass is 16.1. The smallest absolute Gasteiger partial charge is 0.157 e. The highest BCUT2D eigenvalue weighted by Crippen LogP contribution is 2.10. The molecule has 0 fully saturated rings. The van der Waals surface area contributed by atoms with Gasteiger partial charge in [-0.05, 0) is 19.8 Å². The second kappa shape index (κ2) is 6.70. The van der Waals surface area contributed by atoms with Crippen LogP contribution in [0, 0.1) is 0 Å². The lowest BCUT2D eigenvalue weighted by Gasteiger charge is -2.09. The summed E-state index contributed by atoms with van der Waals surface area (Å²) in [5.74, 6) is 0.199. The Bertz CT molecular complexity index is 183. The van der Waals surface area contributed by atoms with Crippen molar-refractivity contribution in [1.29, 1.82) is 0 Å². The molecule has 2 nitrogen and oxygen atoms in total. The third-order valence-corrected chi connectivity index (χ3v) is 1.92. The monoisotopic (exact) mass is 183 g/mol. The number of carbonyl (C=O) groups is 1. The van der Waals surface area contributed by atoms with Crippen LogP contribution < -0.4 is 0 Å². The van der Waals surface area contributed by atoms with Crippen LogP contribution in [0.4, 0.5) is 0 Å². The zero-order valence-electron chi connectivity index (χ0n) is 9.26. The number of unbranched alkanes of at least 4 members (excludes halogenated alkanes) is 2. The Morgan fingerprint density at radius 2 is 1.92 bits per heavy atom. The SMILES string of the molecule is CCCCCC(=CN(C)C)C(C)=O. The fourth-order valence-corrected chi connectivity index (χ4v) is 1.21. The van der Waals surface area contributed by atoms with Gasteiger partial charge in [-0.25, -0.2) is 0 Å². The number of Topliss-reactive ketones (excluding diaryl/α,β-unsaturated/α-hetero) is 1. The molecule has 0 heterocycles. The van der Waals surface area contributed by atoms with Gasteiger partial charge in [0.15, 0.2) is 5.78 Å². The molecule has 0 amide bonds. The normalized spacial score (nSPS) is 11.5. The number of hydrogen-bond donors (Lipinski definition) is 0. The first-order valence-corrected chi connectivity index (χ1v) is 4.96. The van der Waals surface area contributed by atoms with E-state index < -0.39 is 0 Å². The molecule has 0 atom stereocenters. The molecule has 13 heavy (non-hydrogen) atoms. The highest BCUT2D eigenvalue weighted by Gasteiger charge is 2.03. The summed E-state index contributed by atoms with van der Waals surface area (Å²) in [6.07, 6.45) is 6.38. The Morgan fingerprint density at radius 3 is 2.31 bits per heavy atom. The summed E-state index contributed by atoms with van der Waals surface area (Å²) in [5, 5.41) is 0. The van der Waals surface area contributed by atoms with Gasteiger partial charge in [-0.1, -0.05) is 19.8 Å². The van der Waals surface area contributed by atoms with Crippen molar-refractivity contribution in [3.63, 3.8) is 0 Å². The van der Waals surface area contributed by atoms with Crippen LogP contribution in [0.15, 0.2) is 11.8 Å². The van der Waals surface area contributed by atoms with Crippen LogP contribution in [0.3, 0.4) is 0 Å². The van der Waals surface area contributed by atoms with E-state index >= 15 is 0 Å². The molecule has 0 spiro atoms. The van der Waals surface area contributed by atoms with E-state index in [1.807, 2.05) is 25.2 Å². The number of rotatable bonds is 6. The van der Waals surface area contributed by atoms with Crippen LogP contribution in [0.5, 0.6) is 0 Å². The summed E-state index contributed by atoms with van der Waals surface area (Å²) in [6, 6.07) is 0. The van der Waals surface area contributed by atoms with Gasteiger partial charge in [-0.3, -0.25) is 4.79 Å². The van der Waals surface area contributed by atoms with E-state index in [-0.39, 0.29) is 5.78 Å². The minimum Gasteiger partial charge on any atom is -0.383 e. The zero-order chi connectivity index (χ0) is 10.3. The van der Waals surface area contributed by atoms with Gasteiger partial charge in [-0.2, -0.15) is 0 Å². The highest BCUT2D eigenvalue weighted by molar-refractivity contribution is 5.93. The fourth-order valence-electron chi connectivity index (χ4n) is 1.21. The molecule has 0 aromatic heterocycles. The summed E-state index contributed by atoms with van der Waals surface area (Å²) in [6.45, 7) is 3.81. The van der Waals surface area contributed by atoms with Gasteiger partial charge < -0.3 is 4.90 Å². The van der Waals surface area contributed by atoms with Crippen molar-refractivity contribution >= 4 is 5.78 Å². The molecule has 76 valence electrons. The summed E-state index contributed by atoms with van der Waals surface area (Å²) in [7, 11) is 3.89. The van der Waals surface area contributed by atoms with Crippen molar-refractivity contribution in [3.05, 3.63) is 11.8 Å². The molecular weight excluding hydrogens is 162 g/mol. The zero-order valence-corrected chi connectivity index (χ0v) is 9.26. The minimum atomic E-state index is 0.199. The van der Waals surface area contributed by atoms with Crippen molar-refractivity contribution in [1.82, 2.24) is 4.90 Å². The predicted octanol–water partition coefficient (Wildman–Crippen LogP) is 2.60. The molecule has 0 saturated carbocycles. The van der Waals surface area contributed by atoms with Crippen LogP contribution in [0.2, 0.25) is 0 Å². The van der Waals surface area contributed by atoms with Gasteiger partial charge in [0.1, 0.15) is 0 Å². The van der Waals surface area contributed by atoms with Crippen LogP contribution >= 0.6 is 0 Å². The summed E-state index contributed by atoms with van der Waals surface area (Å²) < 4.78 is 0. The van der Waals surface area contributed by atoms with E-state index in [0.717, 1.165) is 18.4 Å². The second-order valence-corrected chi connectivity index (χ2v) is 3.63. The van der Waals surface area contributed by atoms with Crippen molar-refractivity contribution in [2.45, 2.75) is 39.5 Å². The predicted molar refractivity (Wildman–Crippen MR) is 56.6 cm³/mol. The Balaban J connectivity index is 4.03. The van der Waals surface area contributed by atoms with E-state index in [0.29, 0.717) is 0 Å². The molecule has 0 unspecified atom stereocenters. The van der Waals surface area contributed by atoms with Gasteiger partial charge in [0, 0.05) is 25.9 Å². The Morgan fingerprint density at radius 1 is 1.31 bits per heavy atom. The Labute approximate surface area is 81.6 Å². The maximum Gasteiger partial charge on any atom is 0.157 e. The van der Waals surface area contributed by atoms with E-state index in [4.69, 9.17) is 0 Å². The molecular formula is C11H21NO. The molecule has 0 aliphatic rings. The number of allylic oxidation sites excluding steroid dienone is 1. The van der Waals surface area contributed by atoms with Crippen molar-refractivity contribution < 1.29 is 4.79 Å². The van der Waals surface area contributed by atoms with Crippen molar-refractivity contribution in [2.75, 3.05) is 14.1 Å². The number of nitrogens with zero attached hydrogens (tertiary/aromatic N) is 1. The van der Waals surface area contributed by atoms with Gasteiger partial charge in [-0.15, -0.1) is 0 Å². The van der Waals surface area contributed by atoms with Gasteiger partial charge >= 0.3 is 0 Å². The lowest BCUT2D eigenvalue weighted by atomic mass is 10.1. The van der Waals surface area contributed by atoms with Crippen LogP contribution in [-0.2, 0) is 4.79 Å². The van der Waals surface area contributed by atoms with Gasteiger partial charge in [0.05, 0.1) is 0 Å². The van der Waals surface area contributed by atoms with Crippen LogP contribution in [0.1, 0.15) is 39.5 Å². The molecule has 0 bridgehead atoms. The second-order valence-electron chi connectivity index (χ2n) is 3.63. The number of hydrogen-bond acceptors (Lipinski definition) is 2. The molecule has 0 aliphatic heterocycles. The Kier molecular flexibility index (Phi) is 6.29. The van der Waals surface area contributed by atoms with Crippen molar-refractivity contribution in [2.24, 2.45) is 0 Å². The van der Waals surface area contributed by atoms with E-state index in [1.54, 1.807) is 6.92 Å². The van der Waals surface area contributed by atoms with E-state index in [2.05, 4.69) is 6.92 Å². The standard InChI is InChI=1S/C11H21NO/c1-5-6-7-8-11(10(2)13)9-12(3)4/h9H,5-8H2,1-4H3. The van der Waals surface area contributed by atoms with Crippen LogP contribution in [0.25, 0.3) is 0 Å². The minimum absolute atomic E-state index is 0.199. The molecule has 0 aromatic rings. The molecule has 0 aromatic carbocycles. The average molecular weight is 183 g/mol. The summed E-state index contributed by atoms with van der Waals surface area (Å²) >= 11 is 0. The topological polar surface area (TPSA) is 20.3 Å². The Hall–Kier alpha value is -0.790. The van der Waals surface area contributed by atoms with E-state index in [1.165, 1.54) is 12.8 Å². The van der Waals surface area contributed by atoms with Crippen molar-refractivity contribution in [3.8, 4) is 0 Å². The van der Waals surface area contributed by atoms with Gasteiger partial charge in [0.25, 0.3) is 0 Å². The fraction of sp³-hybridized carbons (Fsp3) is 0.727. The third-order valence-electron chi connectivity index (χ3n) is 1.92. The third kappa shape index (κ3) is 6.38. The first kappa shape index (κ1) is 12.2. The molecule has 0 rings (SSSR count). The number of carbonyl (C=O) groups excluding carboxylic acids is 1.